The number of allylic oxidation sites excluding steroid dienone is 1. The van der Waals surface area contributed by atoms with Crippen molar-refractivity contribution in [2.24, 2.45) is 0 Å². The maximum atomic E-state index is 3.79. The van der Waals surface area contributed by atoms with Crippen molar-refractivity contribution in [1.82, 2.24) is 5.32 Å². The van der Waals surface area contributed by atoms with E-state index >= 15 is 0 Å². The van der Waals surface area contributed by atoms with Crippen LogP contribution in [0.4, 0.5) is 0 Å². The molecule has 1 unspecified atom stereocenters. The van der Waals surface area contributed by atoms with Crippen LogP contribution in [0.3, 0.4) is 0 Å². The molecule has 1 rings (SSSR count). The fraction of sp³-hybridized carbons (Fsp3) is 0.600. The van der Waals surface area contributed by atoms with Crippen LogP contribution >= 0.6 is 11.3 Å². The van der Waals surface area contributed by atoms with E-state index in [2.05, 4.69) is 38.7 Å². The molecule has 2 heteroatoms. The third-order valence-electron chi connectivity index (χ3n) is 3.07. The Balaban J connectivity index is 2.63. The van der Waals surface area contributed by atoms with Crippen molar-refractivity contribution in [2.45, 2.75) is 52.5 Å². The van der Waals surface area contributed by atoms with Crippen molar-refractivity contribution < 1.29 is 0 Å². The predicted molar refractivity (Wildman–Crippen MR) is 78.9 cm³/mol. The maximum absolute atomic E-state index is 3.79. The van der Waals surface area contributed by atoms with Crippen molar-refractivity contribution in [3.8, 4) is 0 Å². The molecule has 0 spiro atoms. The fourth-order valence-electron chi connectivity index (χ4n) is 1.90. The second-order valence-corrected chi connectivity index (χ2v) is 5.90. The molecular weight excluding hydrogens is 226 g/mol. The first kappa shape index (κ1) is 14.5. The summed E-state index contributed by atoms with van der Waals surface area (Å²) in [6.07, 6.45) is 6.77. The van der Waals surface area contributed by atoms with E-state index in [1.54, 1.807) is 0 Å². The first-order chi connectivity index (χ1) is 8.19. The van der Waals surface area contributed by atoms with Gasteiger partial charge >= 0.3 is 0 Å². The van der Waals surface area contributed by atoms with Crippen molar-refractivity contribution in [2.75, 3.05) is 6.54 Å². The summed E-state index contributed by atoms with van der Waals surface area (Å²) in [6, 6.07) is 2.88. The Kier molecular flexibility index (Phi) is 6.53. The van der Waals surface area contributed by atoms with Crippen LogP contribution < -0.4 is 5.32 Å². The Bertz CT molecular complexity index is 321. The molecule has 0 saturated carbocycles. The predicted octanol–water partition coefficient (Wildman–Crippen LogP) is 4.76. The summed E-state index contributed by atoms with van der Waals surface area (Å²) in [4.78, 5) is 2.95. The lowest BCUT2D eigenvalue weighted by Gasteiger charge is -2.16. The second kappa shape index (κ2) is 7.67. The third-order valence-corrected chi connectivity index (χ3v) is 4.34. The first-order valence-electron chi connectivity index (χ1n) is 6.60. The zero-order chi connectivity index (χ0) is 12.7. The van der Waals surface area contributed by atoms with E-state index in [-0.39, 0.29) is 0 Å². The second-order valence-electron chi connectivity index (χ2n) is 4.61. The van der Waals surface area contributed by atoms with Crippen LogP contribution in [-0.2, 0) is 0 Å². The summed E-state index contributed by atoms with van der Waals surface area (Å²) in [5.74, 6) is 0. The molecule has 1 heterocycles. The molecule has 0 aromatic carbocycles. The third kappa shape index (κ3) is 4.64. The van der Waals surface area contributed by atoms with Gasteiger partial charge in [-0.2, -0.15) is 0 Å². The molecule has 1 aromatic rings. The molecule has 0 aliphatic carbocycles. The average molecular weight is 251 g/mol. The van der Waals surface area contributed by atoms with Crippen LogP contribution in [0.5, 0.6) is 0 Å². The van der Waals surface area contributed by atoms with Crippen LogP contribution in [0.1, 0.15) is 54.0 Å². The van der Waals surface area contributed by atoms with Gasteiger partial charge in [0.2, 0.25) is 0 Å². The Morgan fingerprint density at radius 1 is 1.47 bits per heavy atom. The molecule has 0 aliphatic heterocycles. The molecule has 17 heavy (non-hydrogen) atoms. The smallest absolute Gasteiger partial charge is 0.0415 e. The number of aryl methyl sites for hydroxylation is 2. The Labute approximate surface area is 110 Å². The fourth-order valence-corrected chi connectivity index (χ4v) is 3.06. The van der Waals surface area contributed by atoms with E-state index < -0.39 is 0 Å². The zero-order valence-electron chi connectivity index (χ0n) is 11.4. The molecule has 96 valence electrons. The van der Waals surface area contributed by atoms with Gasteiger partial charge in [0.25, 0.3) is 0 Å². The summed E-state index contributed by atoms with van der Waals surface area (Å²) in [6.45, 7) is 11.5. The molecule has 0 saturated heterocycles. The summed E-state index contributed by atoms with van der Waals surface area (Å²) in [5.41, 5.74) is 1.43. The average Bonchev–Trinajstić information content (AvgIpc) is 2.64. The van der Waals surface area contributed by atoms with Crippen molar-refractivity contribution in [3.63, 3.8) is 0 Å². The van der Waals surface area contributed by atoms with Gasteiger partial charge in [0, 0.05) is 15.8 Å². The SMILES string of the molecule is C=CCCCC(NCCC)c1cc(C)c(C)s1. The Morgan fingerprint density at radius 2 is 2.24 bits per heavy atom. The van der Waals surface area contributed by atoms with Crippen LogP contribution in [0.2, 0.25) is 0 Å². The minimum absolute atomic E-state index is 0.535. The lowest BCUT2D eigenvalue weighted by molar-refractivity contribution is 0.492. The van der Waals surface area contributed by atoms with Crippen molar-refractivity contribution >= 4 is 11.3 Å². The molecule has 1 N–H and O–H groups in total. The van der Waals surface area contributed by atoms with E-state index in [9.17, 15) is 0 Å². The number of thiophene rings is 1. The summed E-state index contributed by atoms with van der Waals surface area (Å²) in [7, 11) is 0. The van der Waals surface area contributed by atoms with Gasteiger partial charge in [0.15, 0.2) is 0 Å². The number of rotatable bonds is 8. The van der Waals surface area contributed by atoms with Crippen molar-refractivity contribution in [1.29, 1.82) is 0 Å². The molecule has 0 aliphatic rings. The van der Waals surface area contributed by atoms with E-state index in [1.165, 1.54) is 34.6 Å². The molecule has 0 radical (unpaired) electrons. The van der Waals surface area contributed by atoms with Crippen molar-refractivity contribution in [3.05, 3.63) is 34.0 Å². The largest absolute Gasteiger partial charge is 0.309 e. The van der Waals surface area contributed by atoms with Gasteiger partial charge in [-0.05, 0) is 57.7 Å². The quantitative estimate of drug-likeness (QED) is 0.519. The van der Waals surface area contributed by atoms with Crippen LogP contribution in [-0.4, -0.2) is 6.54 Å². The van der Waals surface area contributed by atoms with E-state index in [0.717, 1.165) is 13.0 Å². The molecular formula is C15H25NS. The number of hydrogen-bond acceptors (Lipinski definition) is 2. The maximum Gasteiger partial charge on any atom is 0.0415 e. The van der Waals surface area contributed by atoms with Gasteiger partial charge in [-0.1, -0.05) is 13.0 Å². The van der Waals surface area contributed by atoms with Gasteiger partial charge in [-0.3, -0.25) is 0 Å². The minimum Gasteiger partial charge on any atom is -0.309 e. The number of hydrogen-bond donors (Lipinski definition) is 1. The van der Waals surface area contributed by atoms with Gasteiger partial charge in [0.05, 0.1) is 0 Å². The molecule has 0 bridgehead atoms. The van der Waals surface area contributed by atoms with Crippen LogP contribution in [0.25, 0.3) is 0 Å². The molecule has 0 amide bonds. The summed E-state index contributed by atoms with van der Waals surface area (Å²) < 4.78 is 0. The van der Waals surface area contributed by atoms with Gasteiger partial charge in [0.1, 0.15) is 0 Å². The Hall–Kier alpha value is -0.600. The summed E-state index contributed by atoms with van der Waals surface area (Å²) >= 11 is 1.94. The van der Waals surface area contributed by atoms with Gasteiger partial charge < -0.3 is 5.32 Å². The van der Waals surface area contributed by atoms with E-state index in [1.807, 2.05) is 17.4 Å². The van der Waals surface area contributed by atoms with E-state index in [0.29, 0.717) is 6.04 Å². The lowest BCUT2D eigenvalue weighted by atomic mass is 10.1. The number of unbranched alkanes of at least 4 members (excludes halogenated alkanes) is 1. The zero-order valence-corrected chi connectivity index (χ0v) is 12.2. The lowest BCUT2D eigenvalue weighted by Crippen LogP contribution is -2.21. The highest BCUT2D eigenvalue weighted by molar-refractivity contribution is 7.12. The highest BCUT2D eigenvalue weighted by atomic mass is 32.1. The first-order valence-corrected chi connectivity index (χ1v) is 7.41. The monoisotopic (exact) mass is 251 g/mol. The minimum atomic E-state index is 0.535. The molecule has 0 fully saturated rings. The molecule has 1 aromatic heterocycles. The highest BCUT2D eigenvalue weighted by Gasteiger charge is 2.13. The highest BCUT2D eigenvalue weighted by Crippen LogP contribution is 2.29. The van der Waals surface area contributed by atoms with Gasteiger partial charge in [-0.25, -0.2) is 0 Å². The Morgan fingerprint density at radius 3 is 2.76 bits per heavy atom. The number of nitrogens with one attached hydrogen (secondary N) is 1. The van der Waals surface area contributed by atoms with Crippen LogP contribution in [0.15, 0.2) is 18.7 Å². The van der Waals surface area contributed by atoms with Crippen LogP contribution in [0, 0.1) is 13.8 Å². The topological polar surface area (TPSA) is 12.0 Å². The molecule has 1 atom stereocenters. The molecule has 1 nitrogen and oxygen atoms in total. The van der Waals surface area contributed by atoms with Gasteiger partial charge in [-0.15, -0.1) is 17.9 Å². The normalized spacial score (nSPS) is 12.6. The standard InChI is InChI=1S/C15H25NS/c1-5-7-8-9-14(16-10-6-2)15-11-12(3)13(4)17-15/h5,11,14,16H,1,6-10H2,2-4H3. The summed E-state index contributed by atoms with van der Waals surface area (Å²) in [5, 5.41) is 3.66. The van der Waals surface area contributed by atoms with E-state index in [4.69, 9.17) is 0 Å².